The van der Waals surface area contributed by atoms with E-state index in [9.17, 15) is 4.79 Å². The molecule has 0 aromatic rings. The minimum absolute atomic E-state index is 0.0371. The average Bonchev–Trinajstić information content (AvgIpc) is 3.00. The zero-order chi connectivity index (χ0) is 21.0. The molecule has 0 amide bonds. The molecule has 160 valence electrons. The topological polar surface area (TPSA) is 44.8 Å². The van der Waals surface area contributed by atoms with Crippen molar-refractivity contribution in [1.29, 1.82) is 0 Å². The lowest BCUT2D eigenvalue weighted by molar-refractivity contribution is -0.202. The Morgan fingerprint density at radius 3 is 2.29 bits per heavy atom. The predicted molar refractivity (Wildman–Crippen MR) is 115 cm³/mol. The number of hydrogen-bond acceptors (Lipinski definition) is 4. The fourth-order valence-electron chi connectivity index (χ4n) is 4.65. The Balaban J connectivity index is 1.90. The summed E-state index contributed by atoms with van der Waals surface area (Å²) >= 11 is 0. The summed E-state index contributed by atoms with van der Waals surface area (Å²) in [4.78, 5) is 13.5. The second-order valence-corrected chi connectivity index (χ2v) is 16.4. The average molecular weight is 409 g/mol. The first-order valence-corrected chi connectivity index (χ1v) is 13.8. The van der Waals surface area contributed by atoms with Crippen molar-refractivity contribution >= 4 is 14.1 Å². The van der Waals surface area contributed by atoms with Gasteiger partial charge in [0.2, 0.25) is 0 Å². The van der Waals surface area contributed by atoms with Crippen molar-refractivity contribution in [2.24, 2.45) is 16.7 Å². The van der Waals surface area contributed by atoms with Gasteiger partial charge in [-0.05, 0) is 30.0 Å². The van der Waals surface area contributed by atoms with Gasteiger partial charge in [0.05, 0.1) is 19.3 Å². The summed E-state index contributed by atoms with van der Waals surface area (Å²) in [6.45, 7) is 19.3. The lowest BCUT2D eigenvalue weighted by Crippen LogP contribution is -2.51. The maximum Gasteiger partial charge on any atom is 0.192 e. The van der Waals surface area contributed by atoms with Crippen molar-refractivity contribution in [2.45, 2.75) is 97.2 Å². The number of ether oxygens (including phenoxy) is 2. The predicted octanol–water partition coefficient (Wildman–Crippen LogP) is 5.48. The number of carbonyl (C=O) groups excluding carboxylic acids is 1. The van der Waals surface area contributed by atoms with E-state index in [1.54, 1.807) is 0 Å². The highest BCUT2D eigenvalue weighted by atomic mass is 28.4. The summed E-state index contributed by atoms with van der Waals surface area (Å²) in [5.74, 6) is -0.254. The zero-order valence-electron chi connectivity index (χ0n) is 19.2. The van der Waals surface area contributed by atoms with Crippen LogP contribution < -0.4 is 0 Å². The summed E-state index contributed by atoms with van der Waals surface area (Å²) in [5, 5.41) is 0.143. The summed E-state index contributed by atoms with van der Waals surface area (Å²) in [5.41, 5.74) is -0.379. The largest absolute Gasteiger partial charge is 0.410 e. The fourth-order valence-corrected chi connectivity index (χ4v) is 6.04. The molecule has 1 saturated heterocycles. The van der Waals surface area contributed by atoms with Gasteiger partial charge in [-0.3, -0.25) is 4.79 Å². The Kier molecular flexibility index (Phi) is 5.58. The SMILES string of the molecule is CC1(C)CC(=O)[C@H]2CC3(CC[C@]2(C)C=C[C@H]1O[Si](C)(C)C(C)(C)C)OCCO3. The monoisotopic (exact) mass is 408 g/mol. The van der Waals surface area contributed by atoms with Gasteiger partial charge in [0.25, 0.3) is 0 Å². The van der Waals surface area contributed by atoms with E-state index in [4.69, 9.17) is 13.9 Å². The molecule has 2 fully saturated rings. The van der Waals surface area contributed by atoms with Gasteiger partial charge in [-0.25, -0.2) is 0 Å². The number of ketones is 1. The van der Waals surface area contributed by atoms with Crippen LogP contribution in [-0.4, -0.2) is 39.2 Å². The lowest BCUT2D eigenvalue weighted by Gasteiger charge is -2.49. The first-order chi connectivity index (χ1) is 12.7. The van der Waals surface area contributed by atoms with Gasteiger partial charge in [-0.15, -0.1) is 0 Å². The summed E-state index contributed by atoms with van der Waals surface area (Å²) in [6.07, 6.45) is 7.50. The number of Topliss-reactive ketones (excluding diaryl/α,β-unsaturated/α-hetero) is 1. The Hall–Kier alpha value is -0.493. The van der Waals surface area contributed by atoms with E-state index in [-0.39, 0.29) is 27.9 Å². The van der Waals surface area contributed by atoms with Crippen LogP contribution in [0, 0.1) is 16.7 Å². The van der Waals surface area contributed by atoms with Crippen molar-refractivity contribution in [3.05, 3.63) is 12.2 Å². The second kappa shape index (κ2) is 7.04. The van der Waals surface area contributed by atoms with Crippen LogP contribution in [0.1, 0.15) is 67.2 Å². The van der Waals surface area contributed by atoms with Crippen LogP contribution in [0.4, 0.5) is 0 Å². The van der Waals surface area contributed by atoms with E-state index in [2.05, 4.69) is 66.8 Å². The molecular formula is C23H40O4Si. The van der Waals surface area contributed by atoms with E-state index >= 15 is 0 Å². The Morgan fingerprint density at radius 1 is 1.11 bits per heavy atom. The van der Waals surface area contributed by atoms with E-state index in [1.807, 2.05) is 0 Å². The second-order valence-electron chi connectivity index (χ2n) is 11.7. The van der Waals surface area contributed by atoms with Crippen molar-refractivity contribution in [2.75, 3.05) is 13.2 Å². The number of allylic oxidation sites excluding steroid dienone is 1. The molecule has 0 unspecified atom stereocenters. The third-order valence-electron chi connectivity index (χ3n) is 7.84. The third kappa shape index (κ3) is 4.05. The molecule has 1 saturated carbocycles. The van der Waals surface area contributed by atoms with Gasteiger partial charge in [-0.2, -0.15) is 0 Å². The highest BCUT2D eigenvalue weighted by Gasteiger charge is 2.53. The molecule has 1 aliphatic heterocycles. The smallest absolute Gasteiger partial charge is 0.192 e. The Labute approximate surface area is 172 Å². The molecule has 28 heavy (non-hydrogen) atoms. The van der Waals surface area contributed by atoms with Crippen molar-refractivity contribution < 1.29 is 18.7 Å². The summed E-state index contributed by atoms with van der Waals surface area (Å²) < 4.78 is 18.7. The number of hydrogen-bond donors (Lipinski definition) is 0. The molecule has 3 rings (SSSR count). The van der Waals surface area contributed by atoms with Crippen LogP contribution in [0.25, 0.3) is 0 Å². The van der Waals surface area contributed by atoms with Gasteiger partial charge in [0.1, 0.15) is 5.78 Å². The normalized spacial score (nSPS) is 35.5. The van der Waals surface area contributed by atoms with Crippen molar-refractivity contribution in [3.8, 4) is 0 Å². The van der Waals surface area contributed by atoms with Crippen molar-refractivity contribution in [3.63, 3.8) is 0 Å². The fraction of sp³-hybridized carbons (Fsp3) is 0.870. The minimum Gasteiger partial charge on any atom is -0.410 e. The van der Waals surface area contributed by atoms with Crippen LogP contribution in [-0.2, 0) is 18.7 Å². The molecule has 0 radical (unpaired) electrons. The maximum atomic E-state index is 13.5. The molecule has 3 aliphatic rings. The van der Waals surface area contributed by atoms with E-state index in [1.165, 1.54) is 0 Å². The summed E-state index contributed by atoms with van der Waals surface area (Å²) in [6, 6.07) is 0. The molecule has 0 aromatic heterocycles. The quantitative estimate of drug-likeness (QED) is 0.448. The molecule has 3 atom stereocenters. The minimum atomic E-state index is -1.94. The van der Waals surface area contributed by atoms with Gasteiger partial charge in [0.15, 0.2) is 14.1 Å². The molecule has 5 heteroatoms. The lowest BCUT2D eigenvalue weighted by atomic mass is 9.60. The standard InChI is InChI=1S/C23H40O4Si/c1-20(2,3)28(7,8)27-19-9-10-22(6)11-12-23(25-13-14-26-23)15-17(22)18(24)16-21(19,4)5/h9-10,17,19H,11-16H2,1-8H3/t17-,19-,22+/m1/s1. The third-order valence-corrected chi connectivity index (χ3v) is 12.3. The van der Waals surface area contributed by atoms with E-state index in [0.717, 1.165) is 12.8 Å². The number of fused-ring (bicyclic) bond motifs is 1. The van der Waals surface area contributed by atoms with Crippen LogP contribution in [0.2, 0.25) is 18.1 Å². The molecule has 4 nitrogen and oxygen atoms in total. The Morgan fingerprint density at radius 2 is 1.71 bits per heavy atom. The highest BCUT2D eigenvalue weighted by molar-refractivity contribution is 6.74. The van der Waals surface area contributed by atoms with E-state index < -0.39 is 14.1 Å². The molecule has 0 N–H and O–H groups in total. The van der Waals surface area contributed by atoms with Gasteiger partial charge < -0.3 is 13.9 Å². The summed E-state index contributed by atoms with van der Waals surface area (Å²) in [7, 11) is -1.94. The molecule has 1 spiro atoms. The molecule has 1 heterocycles. The molecule has 0 aromatic carbocycles. The van der Waals surface area contributed by atoms with Crippen LogP contribution in [0.5, 0.6) is 0 Å². The molecule has 0 bridgehead atoms. The maximum absolute atomic E-state index is 13.5. The Bertz CT molecular complexity index is 639. The van der Waals surface area contributed by atoms with Crippen LogP contribution in [0.15, 0.2) is 12.2 Å². The van der Waals surface area contributed by atoms with Gasteiger partial charge in [0, 0.05) is 30.6 Å². The number of rotatable bonds is 2. The van der Waals surface area contributed by atoms with Crippen LogP contribution in [0.3, 0.4) is 0 Å². The molecule has 2 aliphatic carbocycles. The van der Waals surface area contributed by atoms with Crippen LogP contribution >= 0.6 is 0 Å². The first kappa shape index (κ1) is 22.2. The van der Waals surface area contributed by atoms with Gasteiger partial charge >= 0.3 is 0 Å². The van der Waals surface area contributed by atoms with Gasteiger partial charge in [-0.1, -0.05) is 53.7 Å². The van der Waals surface area contributed by atoms with E-state index in [0.29, 0.717) is 31.8 Å². The van der Waals surface area contributed by atoms with Crippen molar-refractivity contribution in [1.82, 2.24) is 0 Å². The molecular weight excluding hydrogens is 368 g/mol. The zero-order valence-corrected chi connectivity index (χ0v) is 20.2. The number of carbonyl (C=O) groups is 1. The first-order valence-electron chi connectivity index (χ1n) is 10.9. The highest BCUT2D eigenvalue weighted by Crippen LogP contribution is 2.52.